The van der Waals surface area contributed by atoms with E-state index in [2.05, 4.69) is 0 Å². The molecular formula is C13H15NO3. The monoisotopic (exact) mass is 233 g/mol. The molecule has 3 heterocycles. The van der Waals surface area contributed by atoms with Gasteiger partial charge in [0.05, 0.1) is 11.0 Å². The smallest absolute Gasteiger partial charge is 0.316 e. The molecule has 0 amide bonds. The van der Waals surface area contributed by atoms with Crippen LogP contribution in [0.25, 0.3) is 0 Å². The summed E-state index contributed by atoms with van der Waals surface area (Å²) >= 11 is 0. The summed E-state index contributed by atoms with van der Waals surface area (Å²) < 4.78 is 6.93. The van der Waals surface area contributed by atoms with Gasteiger partial charge in [0.2, 0.25) is 0 Å². The maximum Gasteiger partial charge on any atom is 0.316 e. The predicted molar refractivity (Wildman–Crippen MR) is 61.8 cm³/mol. The van der Waals surface area contributed by atoms with E-state index in [9.17, 15) is 9.59 Å². The Morgan fingerprint density at radius 2 is 2.24 bits per heavy atom. The van der Waals surface area contributed by atoms with E-state index in [1.165, 1.54) is 0 Å². The summed E-state index contributed by atoms with van der Waals surface area (Å²) in [7, 11) is 0. The van der Waals surface area contributed by atoms with Crippen LogP contribution in [0.5, 0.6) is 0 Å². The highest BCUT2D eigenvalue weighted by Gasteiger charge is 2.42. The maximum absolute atomic E-state index is 12.2. The standard InChI is InChI=1S/C13H15NO3/c1-3-13(2)10-6-8-4-5-14(8)11(15)9(10)7-17-12(13)16/h6H,3-5,7H2,1-2H3/t13-/m1/s1. The molecule has 0 fully saturated rings. The molecule has 90 valence electrons. The lowest BCUT2D eigenvalue weighted by atomic mass is 9.76. The molecule has 1 aromatic heterocycles. The molecule has 0 saturated heterocycles. The van der Waals surface area contributed by atoms with Crippen molar-refractivity contribution in [3.63, 3.8) is 0 Å². The number of carbonyl (C=O) groups excluding carboxylic acids is 1. The number of hydrogen-bond acceptors (Lipinski definition) is 3. The van der Waals surface area contributed by atoms with Gasteiger partial charge in [-0.1, -0.05) is 6.92 Å². The topological polar surface area (TPSA) is 48.3 Å². The number of esters is 1. The van der Waals surface area contributed by atoms with Crippen molar-refractivity contribution in [1.82, 2.24) is 4.57 Å². The van der Waals surface area contributed by atoms with Crippen LogP contribution in [0.3, 0.4) is 0 Å². The molecule has 2 aliphatic heterocycles. The first-order valence-corrected chi connectivity index (χ1v) is 6.01. The Bertz CT molecular complexity index is 573. The first-order valence-electron chi connectivity index (χ1n) is 6.01. The zero-order valence-corrected chi connectivity index (χ0v) is 10.1. The SMILES string of the molecule is CC[C@@]1(C)C(=O)OCc2c1cc1n(c2=O)CC1. The second-order valence-electron chi connectivity index (χ2n) is 5.00. The number of carbonyl (C=O) groups is 1. The highest BCUT2D eigenvalue weighted by molar-refractivity contribution is 5.84. The van der Waals surface area contributed by atoms with E-state index < -0.39 is 5.41 Å². The number of rotatable bonds is 1. The Labute approximate surface area is 99.2 Å². The number of fused-ring (bicyclic) bond motifs is 2. The van der Waals surface area contributed by atoms with Gasteiger partial charge in [0, 0.05) is 18.7 Å². The van der Waals surface area contributed by atoms with Crippen LogP contribution < -0.4 is 5.56 Å². The van der Waals surface area contributed by atoms with Crippen molar-refractivity contribution in [3.05, 3.63) is 33.2 Å². The normalized spacial score (nSPS) is 25.6. The van der Waals surface area contributed by atoms with Gasteiger partial charge in [-0.3, -0.25) is 9.59 Å². The summed E-state index contributed by atoms with van der Waals surface area (Å²) in [4.78, 5) is 24.1. The van der Waals surface area contributed by atoms with E-state index in [0.717, 1.165) is 24.2 Å². The molecule has 1 atom stereocenters. The number of pyridine rings is 1. The summed E-state index contributed by atoms with van der Waals surface area (Å²) in [6.45, 7) is 4.73. The van der Waals surface area contributed by atoms with Gasteiger partial charge in [-0.15, -0.1) is 0 Å². The van der Waals surface area contributed by atoms with Crippen molar-refractivity contribution in [2.24, 2.45) is 0 Å². The first-order chi connectivity index (χ1) is 8.08. The highest BCUT2D eigenvalue weighted by Crippen LogP contribution is 2.36. The largest absolute Gasteiger partial charge is 0.460 e. The van der Waals surface area contributed by atoms with Crippen LogP contribution >= 0.6 is 0 Å². The molecule has 0 unspecified atom stereocenters. The minimum absolute atomic E-state index is 0.0240. The van der Waals surface area contributed by atoms with E-state index in [0.29, 0.717) is 12.0 Å². The van der Waals surface area contributed by atoms with Crippen molar-refractivity contribution in [2.75, 3.05) is 0 Å². The van der Waals surface area contributed by atoms with Crippen LogP contribution in [-0.4, -0.2) is 10.5 Å². The molecule has 2 aliphatic rings. The second kappa shape index (κ2) is 3.22. The van der Waals surface area contributed by atoms with Gasteiger partial charge in [-0.25, -0.2) is 0 Å². The van der Waals surface area contributed by atoms with Crippen LogP contribution in [0.2, 0.25) is 0 Å². The molecule has 0 bridgehead atoms. The maximum atomic E-state index is 12.2. The number of ether oxygens (including phenoxy) is 1. The Kier molecular flexibility index (Phi) is 2.00. The first kappa shape index (κ1) is 10.6. The summed E-state index contributed by atoms with van der Waals surface area (Å²) in [5.41, 5.74) is 1.96. The third-order valence-electron chi connectivity index (χ3n) is 4.18. The average molecular weight is 233 g/mol. The third-order valence-corrected chi connectivity index (χ3v) is 4.18. The molecule has 4 heteroatoms. The lowest BCUT2D eigenvalue weighted by Gasteiger charge is -2.35. The minimum Gasteiger partial charge on any atom is -0.460 e. The quantitative estimate of drug-likeness (QED) is 0.683. The van der Waals surface area contributed by atoms with Crippen molar-refractivity contribution in [2.45, 2.75) is 45.3 Å². The fourth-order valence-electron chi connectivity index (χ4n) is 2.64. The van der Waals surface area contributed by atoms with Crippen LogP contribution in [0, 0.1) is 0 Å². The van der Waals surface area contributed by atoms with Crippen LogP contribution in [0.1, 0.15) is 37.1 Å². The average Bonchev–Trinajstić information content (AvgIpc) is 2.27. The Hall–Kier alpha value is -1.58. The zero-order chi connectivity index (χ0) is 12.2. The van der Waals surface area contributed by atoms with E-state index in [-0.39, 0.29) is 18.1 Å². The van der Waals surface area contributed by atoms with Gasteiger partial charge in [0.25, 0.3) is 5.56 Å². The van der Waals surface area contributed by atoms with Crippen molar-refractivity contribution < 1.29 is 9.53 Å². The van der Waals surface area contributed by atoms with Gasteiger partial charge >= 0.3 is 5.97 Å². The van der Waals surface area contributed by atoms with Gasteiger partial charge in [0.1, 0.15) is 6.61 Å². The van der Waals surface area contributed by atoms with Crippen LogP contribution in [-0.2, 0) is 34.5 Å². The minimum atomic E-state index is -0.655. The van der Waals surface area contributed by atoms with Crippen LogP contribution in [0.4, 0.5) is 0 Å². The molecule has 0 radical (unpaired) electrons. The van der Waals surface area contributed by atoms with Gasteiger partial charge < -0.3 is 9.30 Å². The molecule has 1 aromatic rings. The zero-order valence-electron chi connectivity index (χ0n) is 10.1. The summed E-state index contributed by atoms with van der Waals surface area (Å²) in [5, 5.41) is 0. The third kappa shape index (κ3) is 1.18. The number of nitrogens with zero attached hydrogens (tertiary/aromatic N) is 1. The molecule has 0 aromatic carbocycles. The molecular weight excluding hydrogens is 218 g/mol. The number of cyclic esters (lactones) is 1. The van der Waals surface area contributed by atoms with Gasteiger partial charge in [-0.2, -0.15) is 0 Å². The summed E-state index contributed by atoms with van der Waals surface area (Å²) in [6.07, 6.45) is 1.58. The molecule has 4 nitrogen and oxygen atoms in total. The van der Waals surface area contributed by atoms with Gasteiger partial charge in [0.15, 0.2) is 0 Å². The predicted octanol–water partition coefficient (Wildman–Crippen LogP) is 1.13. The fourth-order valence-corrected chi connectivity index (χ4v) is 2.64. The Morgan fingerprint density at radius 3 is 2.82 bits per heavy atom. The Morgan fingerprint density at radius 1 is 1.47 bits per heavy atom. The van der Waals surface area contributed by atoms with Crippen molar-refractivity contribution in [3.8, 4) is 0 Å². The van der Waals surface area contributed by atoms with E-state index in [1.54, 1.807) is 4.57 Å². The molecule has 0 N–H and O–H groups in total. The van der Waals surface area contributed by atoms with Gasteiger partial charge in [-0.05, 0) is 25.0 Å². The Balaban J connectivity index is 2.30. The summed E-state index contributed by atoms with van der Waals surface area (Å²) in [5.74, 6) is -0.212. The molecule has 0 saturated carbocycles. The number of aromatic nitrogens is 1. The molecule has 0 spiro atoms. The van der Waals surface area contributed by atoms with Crippen LogP contribution in [0.15, 0.2) is 10.9 Å². The number of hydrogen-bond donors (Lipinski definition) is 0. The molecule has 0 aliphatic carbocycles. The second-order valence-corrected chi connectivity index (χ2v) is 5.00. The number of aryl methyl sites for hydroxylation is 1. The lowest BCUT2D eigenvalue weighted by molar-refractivity contribution is -0.153. The van der Waals surface area contributed by atoms with E-state index in [4.69, 9.17) is 4.74 Å². The van der Waals surface area contributed by atoms with Crippen molar-refractivity contribution >= 4 is 5.97 Å². The fraction of sp³-hybridized carbons (Fsp3) is 0.538. The molecule has 17 heavy (non-hydrogen) atoms. The summed E-state index contributed by atoms with van der Waals surface area (Å²) in [6, 6.07) is 2.02. The van der Waals surface area contributed by atoms with E-state index in [1.807, 2.05) is 19.9 Å². The molecule has 3 rings (SSSR count). The van der Waals surface area contributed by atoms with E-state index >= 15 is 0 Å². The van der Waals surface area contributed by atoms with Crippen molar-refractivity contribution in [1.29, 1.82) is 0 Å². The lowest BCUT2D eigenvalue weighted by Crippen LogP contribution is -2.45. The highest BCUT2D eigenvalue weighted by atomic mass is 16.5.